The smallest absolute Gasteiger partial charge is 0.291 e. The molecule has 3 aromatic rings. The lowest BCUT2D eigenvalue weighted by atomic mass is 10.1. The Morgan fingerprint density at radius 2 is 1.63 bits per heavy atom. The van der Waals surface area contributed by atoms with Crippen molar-refractivity contribution in [2.45, 2.75) is 18.7 Å². The summed E-state index contributed by atoms with van der Waals surface area (Å²) in [4.78, 5) is 24.9. The summed E-state index contributed by atoms with van der Waals surface area (Å²) < 4.78 is 31.9. The molecule has 0 saturated carbocycles. The van der Waals surface area contributed by atoms with E-state index in [0.29, 0.717) is 16.9 Å². The van der Waals surface area contributed by atoms with Gasteiger partial charge in [0.25, 0.3) is 11.8 Å². The number of anilines is 2. The van der Waals surface area contributed by atoms with Crippen molar-refractivity contribution in [2.24, 2.45) is 0 Å². The van der Waals surface area contributed by atoms with Crippen molar-refractivity contribution in [1.82, 2.24) is 4.72 Å². The molecule has 0 bridgehead atoms. The molecule has 0 aliphatic heterocycles. The highest BCUT2D eigenvalue weighted by Crippen LogP contribution is 2.20. The topological polar surface area (TPSA) is 118 Å². The highest BCUT2D eigenvalue weighted by molar-refractivity contribution is 7.89. The fourth-order valence-electron chi connectivity index (χ4n) is 2.76. The van der Waals surface area contributed by atoms with Crippen molar-refractivity contribution >= 4 is 33.2 Å². The third-order valence-electron chi connectivity index (χ3n) is 4.22. The van der Waals surface area contributed by atoms with Crippen LogP contribution in [0.25, 0.3) is 0 Å². The van der Waals surface area contributed by atoms with E-state index >= 15 is 0 Å². The van der Waals surface area contributed by atoms with Crippen LogP contribution in [0.15, 0.2) is 70.2 Å². The molecule has 30 heavy (non-hydrogen) atoms. The van der Waals surface area contributed by atoms with Crippen LogP contribution < -0.4 is 15.4 Å². The van der Waals surface area contributed by atoms with Crippen LogP contribution in [0, 0.1) is 6.92 Å². The molecular formula is C21H21N3O5S. The number of aryl methyl sites for hydroxylation is 1. The Morgan fingerprint density at radius 3 is 2.27 bits per heavy atom. The van der Waals surface area contributed by atoms with Crippen LogP contribution in [0.2, 0.25) is 0 Å². The van der Waals surface area contributed by atoms with Crippen LogP contribution in [-0.2, 0) is 10.0 Å². The average Bonchev–Trinajstić information content (AvgIpc) is 3.23. The van der Waals surface area contributed by atoms with Crippen LogP contribution >= 0.6 is 0 Å². The first-order valence-electron chi connectivity index (χ1n) is 9.17. The number of carbonyl (C=O) groups excluding carboxylic acids is 2. The molecule has 0 aliphatic rings. The first-order chi connectivity index (χ1) is 14.3. The van der Waals surface area contributed by atoms with E-state index in [1.807, 2.05) is 0 Å². The molecule has 0 spiro atoms. The quantitative estimate of drug-likeness (QED) is 0.534. The summed E-state index contributed by atoms with van der Waals surface area (Å²) in [6, 6.07) is 14.1. The normalized spacial score (nSPS) is 11.1. The van der Waals surface area contributed by atoms with E-state index in [4.69, 9.17) is 4.42 Å². The molecule has 3 N–H and O–H groups in total. The van der Waals surface area contributed by atoms with Gasteiger partial charge in [-0.15, -0.1) is 0 Å². The molecule has 8 nitrogen and oxygen atoms in total. The van der Waals surface area contributed by atoms with E-state index in [1.54, 1.807) is 50.2 Å². The molecule has 1 aromatic heterocycles. The van der Waals surface area contributed by atoms with Gasteiger partial charge in [-0.05, 0) is 55.0 Å². The lowest BCUT2D eigenvalue weighted by molar-refractivity contribution is 0.0995. The SMILES string of the molecule is CCNS(=O)(=O)c1ccc(C)c(C(=O)Nc2cccc(NC(=O)c3ccco3)c2)c1. The molecule has 3 rings (SSSR count). The fourth-order valence-corrected chi connectivity index (χ4v) is 3.83. The van der Waals surface area contributed by atoms with Crippen molar-refractivity contribution in [2.75, 3.05) is 17.2 Å². The third-order valence-corrected chi connectivity index (χ3v) is 5.76. The van der Waals surface area contributed by atoms with Gasteiger partial charge < -0.3 is 15.1 Å². The maximum Gasteiger partial charge on any atom is 0.291 e. The monoisotopic (exact) mass is 427 g/mol. The molecular weight excluding hydrogens is 406 g/mol. The molecule has 1 heterocycles. The second-order valence-corrected chi connectivity index (χ2v) is 8.21. The summed E-state index contributed by atoms with van der Waals surface area (Å²) in [6.07, 6.45) is 1.40. The molecule has 156 valence electrons. The third kappa shape index (κ3) is 4.94. The van der Waals surface area contributed by atoms with Gasteiger partial charge in [-0.3, -0.25) is 9.59 Å². The zero-order chi connectivity index (χ0) is 21.7. The van der Waals surface area contributed by atoms with E-state index < -0.39 is 21.8 Å². The van der Waals surface area contributed by atoms with Crippen molar-refractivity contribution in [3.8, 4) is 0 Å². The number of benzene rings is 2. The summed E-state index contributed by atoms with van der Waals surface area (Å²) in [6.45, 7) is 3.64. The number of rotatable bonds is 7. The van der Waals surface area contributed by atoms with Crippen LogP contribution in [-0.4, -0.2) is 26.8 Å². The summed E-state index contributed by atoms with van der Waals surface area (Å²) >= 11 is 0. The zero-order valence-electron chi connectivity index (χ0n) is 16.4. The van der Waals surface area contributed by atoms with E-state index in [1.165, 1.54) is 24.5 Å². The second kappa shape index (κ2) is 8.93. The van der Waals surface area contributed by atoms with E-state index in [2.05, 4.69) is 15.4 Å². The van der Waals surface area contributed by atoms with Gasteiger partial charge in [-0.2, -0.15) is 0 Å². The molecule has 0 saturated heterocycles. The Bertz CT molecular complexity index is 1170. The van der Waals surface area contributed by atoms with Gasteiger partial charge >= 0.3 is 0 Å². The highest BCUT2D eigenvalue weighted by Gasteiger charge is 2.17. The van der Waals surface area contributed by atoms with E-state index in [0.717, 1.165) is 0 Å². The minimum absolute atomic E-state index is 0.0135. The van der Waals surface area contributed by atoms with Crippen LogP contribution in [0.1, 0.15) is 33.4 Å². The average molecular weight is 427 g/mol. The number of amides is 2. The largest absolute Gasteiger partial charge is 0.459 e. The van der Waals surface area contributed by atoms with Gasteiger partial charge in [0.2, 0.25) is 10.0 Å². The number of furan rings is 1. The molecule has 2 aromatic carbocycles. The van der Waals surface area contributed by atoms with Crippen molar-refractivity contribution < 1.29 is 22.4 Å². The molecule has 2 amide bonds. The number of sulfonamides is 1. The number of carbonyl (C=O) groups is 2. The van der Waals surface area contributed by atoms with Gasteiger partial charge in [0, 0.05) is 23.5 Å². The summed E-state index contributed by atoms with van der Waals surface area (Å²) in [7, 11) is -3.68. The molecule has 0 fully saturated rings. The number of nitrogens with one attached hydrogen (secondary N) is 3. The molecule has 9 heteroatoms. The van der Waals surface area contributed by atoms with Crippen molar-refractivity contribution in [3.63, 3.8) is 0 Å². The number of hydrogen-bond acceptors (Lipinski definition) is 5. The molecule has 0 radical (unpaired) electrons. The molecule has 0 atom stereocenters. The molecule has 0 aliphatic carbocycles. The summed E-state index contributed by atoms with van der Waals surface area (Å²) in [5, 5.41) is 5.41. The first kappa shape index (κ1) is 21.3. The lowest BCUT2D eigenvalue weighted by Gasteiger charge is -2.11. The summed E-state index contributed by atoms with van der Waals surface area (Å²) in [5.41, 5.74) is 1.77. The second-order valence-electron chi connectivity index (χ2n) is 6.44. The van der Waals surface area contributed by atoms with Gasteiger partial charge in [0.15, 0.2) is 5.76 Å². The Balaban J connectivity index is 1.79. The summed E-state index contributed by atoms with van der Waals surface area (Å²) in [5.74, 6) is -0.713. The minimum atomic E-state index is -3.68. The fraction of sp³-hybridized carbons (Fsp3) is 0.143. The maximum atomic E-state index is 12.8. The Labute approximate surface area is 174 Å². The van der Waals surface area contributed by atoms with E-state index in [9.17, 15) is 18.0 Å². The predicted octanol–water partition coefficient (Wildman–Crippen LogP) is 3.39. The van der Waals surface area contributed by atoms with Gasteiger partial charge in [0.05, 0.1) is 11.2 Å². The van der Waals surface area contributed by atoms with E-state index in [-0.39, 0.29) is 22.8 Å². The van der Waals surface area contributed by atoms with Crippen LogP contribution in [0.4, 0.5) is 11.4 Å². The van der Waals surface area contributed by atoms with Gasteiger partial charge in [-0.1, -0.05) is 19.1 Å². The van der Waals surface area contributed by atoms with Gasteiger partial charge in [-0.25, -0.2) is 13.1 Å². The standard InChI is InChI=1S/C21H21N3O5S/c1-3-22-30(27,28)17-10-9-14(2)18(13-17)20(25)23-15-6-4-7-16(12-15)24-21(26)19-8-5-11-29-19/h4-13,22H,3H2,1-2H3,(H,23,25)(H,24,26). The predicted molar refractivity (Wildman–Crippen MR) is 113 cm³/mol. The van der Waals surface area contributed by atoms with Crippen molar-refractivity contribution in [1.29, 1.82) is 0 Å². The van der Waals surface area contributed by atoms with Crippen LogP contribution in [0.5, 0.6) is 0 Å². The maximum absolute atomic E-state index is 12.8. The Hall–Kier alpha value is -3.43. The molecule has 0 unspecified atom stereocenters. The van der Waals surface area contributed by atoms with Gasteiger partial charge in [0.1, 0.15) is 0 Å². The number of hydrogen-bond donors (Lipinski definition) is 3. The van der Waals surface area contributed by atoms with Crippen molar-refractivity contribution in [3.05, 3.63) is 77.7 Å². The van der Waals surface area contributed by atoms with Crippen LogP contribution in [0.3, 0.4) is 0 Å². The minimum Gasteiger partial charge on any atom is -0.459 e. The lowest BCUT2D eigenvalue weighted by Crippen LogP contribution is -2.24. The highest BCUT2D eigenvalue weighted by atomic mass is 32.2. The Kier molecular flexibility index (Phi) is 6.34. The first-order valence-corrected chi connectivity index (χ1v) is 10.6. The zero-order valence-corrected chi connectivity index (χ0v) is 17.2. The Morgan fingerprint density at radius 1 is 0.933 bits per heavy atom.